The van der Waals surface area contributed by atoms with Crippen molar-refractivity contribution in [2.75, 3.05) is 7.11 Å². The standard InChI is InChI=1S/C4H9NO3/c1-3(5-7)4(6)8-2/h3,5,7H,1-2H3. The summed E-state index contributed by atoms with van der Waals surface area (Å²) in [6.45, 7) is 1.49. The highest BCUT2D eigenvalue weighted by Gasteiger charge is 2.09. The molecule has 0 heterocycles. The van der Waals surface area contributed by atoms with E-state index in [-0.39, 0.29) is 0 Å². The van der Waals surface area contributed by atoms with Crippen LogP contribution in [-0.2, 0) is 9.53 Å². The smallest absolute Gasteiger partial charge is 0.324 e. The Morgan fingerprint density at radius 1 is 1.88 bits per heavy atom. The van der Waals surface area contributed by atoms with E-state index < -0.39 is 12.0 Å². The summed E-state index contributed by atoms with van der Waals surface area (Å²) >= 11 is 0. The van der Waals surface area contributed by atoms with Gasteiger partial charge in [0.25, 0.3) is 0 Å². The molecule has 0 aromatic heterocycles. The van der Waals surface area contributed by atoms with Crippen LogP contribution in [0.15, 0.2) is 0 Å². The van der Waals surface area contributed by atoms with Gasteiger partial charge in [-0.2, -0.15) is 5.48 Å². The summed E-state index contributed by atoms with van der Waals surface area (Å²) < 4.78 is 4.24. The number of ether oxygens (including phenoxy) is 1. The Hall–Kier alpha value is -0.610. The number of hydrogen-bond donors (Lipinski definition) is 2. The molecule has 0 aliphatic rings. The zero-order valence-corrected chi connectivity index (χ0v) is 4.84. The average molecular weight is 119 g/mol. The van der Waals surface area contributed by atoms with Gasteiger partial charge in [-0.25, -0.2) is 0 Å². The van der Waals surface area contributed by atoms with Crippen molar-refractivity contribution in [1.82, 2.24) is 5.48 Å². The topological polar surface area (TPSA) is 58.6 Å². The minimum atomic E-state index is -0.639. The maximum atomic E-state index is 10.3. The molecule has 48 valence electrons. The molecule has 0 aliphatic heterocycles. The number of hydrogen-bond acceptors (Lipinski definition) is 4. The minimum absolute atomic E-state index is 0.479. The van der Waals surface area contributed by atoms with Crippen LogP contribution in [0.25, 0.3) is 0 Å². The lowest BCUT2D eigenvalue weighted by Crippen LogP contribution is -2.31. The second-order valence-electron chi connectivity index (χ2n) is 1.37. The van der Waals surface area contributed by atoms with Crippen molar-refractivity contribution in [3.63, 3.8) is 0 Å². The van der Waals surface area contributed by atoms with Crippen molar-refractivity contribution in [3.05, 3.63) is 0 Å². The molecular formula is C4H9NO3. The predicted molar refractivity (Wildman–Crippen MR) is 26.4 cm³/mol. The zero-order chi connectivity index (χ0) is 6.57. The van der Waals surface area contributed by atoms with Crippen molar-refractivity contribution < 1.29 is 14.7 Å². The van der Waals surface area contributed by atoms with E-state index in [1.807, 2.05) is 0 Å². The molecule has 0 aliphatic carbocycles. The molecule has 0 spiro atoms. The molecule has 0 saturated heterocycles. The largest absolute Gasteiger partial charge is 0.468 e. The van der Waals surface area contributed by atoms with Crippen LogP contribution in [0, 0.1) is 0 Å². The SMILES string of the molecule is COC(=O)C(C)NO. The van der Waals surface area contributed by atoms with Gasteiger partial charge in [0, 0.05) is 0 Å². The fourth-order valence-corrected chi connectivity index (χ4v) is 0.229. The number of carbonyl (C=O) groups excluding carboxylic acids is 1. The van der Waals surface area contributed by atoms with E-state index in [2.05, 4.69) is 4.74 Å². The third-order valence-electron chi connectivity index (χ3n) is 0.748. The van der Waals surface area contributed by atoms with Gasteiger partial charge in [-0.15, -0.1) is 0 Å². The molecule has 0 saturated carbocycles. The number of esters is 1. The van der Waals surface area contributed by atoms with Gasteiger partial charge >= 0.3 is 5.97 Å². The lowest BCUT2D eigenvalue weighted by molar-refractivity contribution is -0.145. The number of carbonyl (C=O) groups is 1. The Morgan fingerprint density at radius 2 is 2.38 bits per heavy atom. The molecule has 4 nitrogen and oxygen atoms in total. The molecule has 2 N–H and O–H groups in total. The fourth-order valence-electron chi connectivity index (χ4n) is 0.229. The molecule has 1 unspecified atom stereocenters. The molecular weight excluding hydrogens is 110 g/mol. The molecule has 0 amide bonds. The first-order valence-electron chi connectivity index (χ1n) is 2.19. The second kappa shape index (κ2) is 3.40. The van der Waals surface area contributed by atoms with E-state index in [9.17, 15) is 4.79 Å². The van der Waals surface area contributed by atoms with Gasteiger partial charge in [0.15, 0.2) is 0 Å². The summed E-state index contributed by atoms with van der Waals surface area (Å²) in [5.74, 6) is -0.479. The average Bonchev–Trinajstić information content (AvgIpc) is 1.84. The Kier molecular flexibility index (Phi) is 3.14. The summed E-state index contributed by atoms with van der Waals surface area (Å²) in [5.41, 5.74) is 1.74. The Balaban J connectivity index is 3.46. The van der Waals surface area contributed by atoms with E-state index in [0.717, 1.165) is 0 Å². The zero-order valence-electron chi connectivity index (χ0n) is 4.84. The molecule has 0 aromatic carbocycles. The van der Waals surface area contributed by atoms with Gasteiger partial charge in [-0.05, 0) is 6.92 Å². The molecule has 0 bridgehead atoms. The lowest BCUT2D eigenvalue weighted by Gasteiger charge is -2.03. The van der Waals surface area contributed by atoms with E-state index >= 15 is 0 Å². The second-order valence-corrected chi connectivity index (χ2v) is 1.37. The molecule has 1 atom stereocenters. The number of rotatable bonds is 2. The van der Waals surface area contributed by atoms with E-state index in [1.165, 1.54) is 14.0 Å². The molecule has 0 radical (unpaired) electrons. The number of nitrogens with one attached hydrogen (secondary N) is 1. The Morgan fingerprint density at radius 3 is 2.50 bits per heavy atom. The van der Waals surface area contributed by atoms with Crippen LogP contribution < -0.4 is 5.48 Å². The summed E-state index contributed by atoms with van der Waals surface area (Å²) in [6, 6.07) is -0.639. The van der Waals surface area contributed by atoms with Crippen LogP contribution in [-0.4, -0.2) is 24.3 Å². The van der Waals surface area contributed by atoms with Crippen LogP contribution in [0.3, 0.4) is 0 Å². The van der Waals surface area contributed by atoms with Gasteiger partial charge in [-0.1, -0.05) is 0 Å². The summed E-state index contributed by atoms with van der Waals surface area (Å²) in [5, 5.41) is 8.09. The quantitative estimate of drug-likeness (QED) is 0.381. The molecule has 0 aromatic rings. The molecule has 8 heavy (non-hydrogen) atoms. The summed E-state index contributed by atoms with van der Waals surface area (Å²) in [7, 11) is 1.26. The van der Waals surface area contributed by atoms with E-state index in [0.29, 0.717) is 0 Å². The van der Waals surface area contributed by atoms with Crippen LogP contribution in [0.1, 0.15) is 6.92 Å². The fraction of sp³-hybridized carbons (Fsp3) is 0.750. The van der Waals surface area contributed by atoms with E-state index in [1.54, 1.807) is 5.48 Å². The summed E-state index contributed by atoms with van der Waals surface area (Å²) in [6.07, 6.45) is 0. The van der Waals surface area contributed by atoms with Gasteiger partial charge in [0.2, 0.25) is 0 Å². The third kappa shape index (κ3) is 1.90. The minimum Gasteiger partial charge on any atom is -0.468 e. The van der Waals surface area contributed by atoms with Gasteiger partial charge in [0.05, 0.1) is 7.11 Å². The van der Waals surface area contributed by atoms with Gasteiger partial charge in [-0.3, -0.25) is 4.79 Å². The van der Waals surface area contributed by atoms with Crippen molar-refractivity contribution in [2.24, 2.45) is 0 Å². The van der Waals surface area contributed by atoms with Crippen molar-refractivity contribution in [1.29, 1.82) is 0 Å². The Labute approximate surface area is 47.4 Å². The molecule has 4 heteroatoms. The molecule has 0 rings (SSSR count). The first-order valence-corrected chi connectivity index (χ1v) is 2.19. The van der Waals surface area contributed by atoms with Crippen LogP contribution in [0.5, 0.6) is 0 Å². The van der Waals surface area contributed by atoms with Crippen molar-refractivity contribution >= 4 is 5.97 Å². The Bertz CT molecular complexity index is 83.4. The van der Waals surface area contributed by atoms with Crippen molar-refractivity contribution in [2.45, 2.75) is 13.0 Å². The first kappa shape index (κ1) is 7.39. The van der Waals surface area contributed by atoms with Crippen LogP contribution >= 0.6 is 0 Å². The predicted octanol–water partition coefficient (Wildman–Crippen LogP) is -0.473. The highest BCUT2D eigenvalue weighted by molar-refractivity contribution is 5.74. The van der Waals surface area contributed by atoms with Crippen molar-refractivity contribution in [3.8, 4) is 0 Å². The maximum absolute atomic E-state index is 10.3. The molecule has 0 fully saturated rings. The number of hydroxylamine groups is 1. The maximum Gasteiger partial charge on any atom is 0.324 e. The number of methoxy groups -OCH3 is 1. The lowest BCUT2D eigenvalue weighted by atomic mass is 10.4. The van der Waals surface area contributed by atoms with Crippen LogP contribution in [0.2, 0.25) is 0 Å². The highest BCUT2D eigenvalue weighted by Crippen LogP contribution is 1.81. The highest BCUT2D eigenvalue weighted by atomic mass is 16.5. The van der Waals surface area contributed by atoms with Crippen LogP contribution in [0.4, 0.5) is 0 Å². The van der Waals surface area contributed by atoms with Gasteiger partial charge < -0.3 is 9.94 Å². The normalized spacial score (nSPS) is 12.9. The monoisotopic (exact) mass is 119 g/mol. The van der Waals surface area contributed by atoms with E-state index in [4.69, 9.17) is 5.21 Å². The van der Waals surface area contributed by atoms with Gasteiger partial charge in [0.1, 0.15) is 6.04 Å². The summed E-state index contributed by atoms with van der Waals surface area (Å²) in [4.78, 5) is 10.3. The third-order valence-corrected chi connectivity index (χ3v) is 0.748. The first-order chi connectivity index (χ1) is 3.72.